The van der Waals surface area contributed by atoms with E-state index in [4.69, 9.17) is 5.11 Å². The summed E-state index contributed by atoms with van der Waals surface area (Å²) in [6.45, 7) is 5.85. The Morgan fingerprint density at radius 2 is 1.57 bits per heavy atom. The molecule has 0 aliphatic carbocycles. The molecule has 3 N–H and O–H groups in total. The van der Waals surface area contributed by atoms with Crippen LogP contribution in [-0.2, 0) is 11.3 Å². The lowest BCUT2D eigenvalue weighted by Crippen LogP contribution is -2.22. The summed E-state index contributed by atoms with van der Waals surface area (Å²) in [6, 6.07) is 15.7. The molecule has 35 heavy (non-hydrogen) atoms. The van der Waals surface area contributed by atoms with Crippen molar-refractivity contribution in [3.8, 4) is 22.4 Å². The van der Waals surface area contributed by atoms with Crippen LogP contribution in [0.2, 0.25) is 0 Å². The Morgan fingerprint density at radius 1 is 0.943 bits per heavy atom. The van der Waals surface area contributed by atoms with Crippen molar-refractivity contribution in [1.29, 1.82) is 0 Å². The number of nitrogens with zero attached hydrogens (tertiary/aromatic N) is 1. The molecule has 0 bridgehead atoms. The van der Waals surface area contributed by atoms with E-state index in [1.165, 1.54) is 19.1 Å². The number of ketones is 1. The topological polar surface area (TPSA) is 99.8 Å². The zero-order chi connectivity index (χ0) is 25.7. The lowest BCUT2D eigenvalue weighted by atomic mass is 9.93. The normalized spacial score (nSPS) is 13.1. The van der Waals surface area contributed by atoms with Crippen LogP contribution in [-0.4, -0.2) is 43.8 Å². The molecule has 2 atom stereocenters. The first-order chi connectivity index (χ1) is 16.6. The van der Waals surface area contributed by atoms with Crippen molar-refractivity contribution in [3.05, 3.63) is 71.7 Å². The number of carbonyl (C=O) groups excluding carboxylic acids is 1. The minimum Gasteiger partial charge on any atom is -0.481 e. The molecule has 3 aromatic rings. The highest BCUT2D eigenvalue weighted by Crippen LogP contribution is 2.42. The molecule has 0 spiro atoms. The Labute approximate surface area is 204 Å². The molecule has 0 aliphatic heterocycles. The van der Waals surface area contributed by atoms with Crippen LogP contribution < -0.4 is 0 Å². The quantitative estimate of drug-likeness (QED) is 0.324. The molecule has 186 valence electrons. The second-order valence-electron chi connectivity index (χ2n) is 9.15. The van der Waals surface area contributed by atoms with Crippen molar-refractivity contribution >= 4 is 11.8 Å². The minimum atomic E-state index is -1.15. The van der Waals surface area contributed by atoms with Gasteiger partial charge in [0.25, 0.3) is 0 Å². The van der Waals surface area contributed by atoms with Gasteiger partial charge in [0.2, 0.25) is 0 Å². The van der Waals surface area contributed by atoms with Crippen molar-refractivity contribution in [2.24, 2.45) is 0 Å². The number of aliphatic hydroxyl groups excluding tert-OH is 2. The summed E-state index contributed by atoms with van der Waals surface area (Å²) in [5, 5.41) is 29.3. The summed E-state index contributed by atoms with van der Waals surface area (Å²) in [4.78, 5) is 23.8. The molecule has 0 saturated carbocycles. The lowest BCUT2D eigenvalue weighted by molar-refractivity contribution is -0.139. The van der Waals surface area contributed by atoms with Crippen LogP contribution in [0.15, 0.2) is 54.6 Å². The fraction of sp³-hybridized carbons (Fsp3) is 0.357. The average Bonchev–Trinajstić information content (AvgIpc) is 3.14. The maximum absolute atomic E-state index is 13.8. The summed E-state index contributed by atoms with van der Waals surface area (Å²) in [5.74, 6) is -1.62. The van der Waals surface area contributed by atoms with Gasteiger partial charge < -0.3 is 19.9 Å². The largest absolute Gasteiger partial charge is 0.481 e. The third-order valence-corrected chi connectivity index (χ3v) is 6.02. The van der Waals surface area contributed by atoms with E-state index in [1.807, 2.05) is 48.7 Å². The summed E-state index contributed by atoms with van der Waals surface area (Å²) >= 11 is 0. The minimum absolute atomic E-state index is 0.0275. The SMILES string of the molecule is CC(=O)c1c(-c2ccccc2)c(-c2ccc(F)cc2)n(CCC(O)CC(O)CC(=O)O)c1C(C)C. The maximum Gasteiger partial charge on any atom is 0.305 e. The van der Waals surface area contributed by atoms with Gasteiger partial charge in [-0.2, -0.15) is 0 Å². The first-order valence-electron chi connectivity index (χ1n) is 11.8. The molecule has 1 heterocycles. The molecule has 0 amide bonds. The Bertz CT molecular complexity index is 1170. The van der Waals surface area contributed by atoms with Gasteiger partial charge in [-0.05, 0) is 61.1 Å². The first kappa shape index (κ1) is 26.3. The fourth-order valence-electron chi connectivity index (χ4n) is 4.61. The van der Waals surface area contributed by atoms with Gasteiger partial charge in [0.1, 0.15) is 5.82 Å². The number of carbonyl (C=O) groups is 2. The van der Waals surface area contributed by atoms with Gasteiger partial charge in [0, 0.05) is 23.4 Å². The van der Waals surface area contributed by atoms with Crippen LogP contribution in [0.5, 0.6) is 0 Å². The molecule has 0 saturated heterocycles. The van der Waals surface area contributed by atoms with Gasteiger partial charge in [-0.3, -0.25) is 9.59 Å². The van der Waals surface area contributed by atoms with E-state index in [0.717, 1.165) is 28.1 Å². The van der Waals surface area contributed by atoms with Gasteiger partial charge in [-0.15, -0.1) is 0 Å². The zero-order valence-corrected chi connectivity index (χ0v) is 20.2. The Morgan fingerprint density at radius 3 is 2.11 bits per heavy atom. The molecule has 0 aliphatic rings. The zero-order valence-electron chi connectivity index (χ0n) is 20.2. The number of hydrogen-bond donors (Lipinski definition) is 3. The first-order valence-corrected chi connectivity index (χ1v) is 11.8. The van der Waals surface area contributed by atoms with E-state index in [0.29, 0.717) is 12.1 Å². The molecule has 7 heteroatoms. The van der Waals surface area contributed by atoms with Crippen molar-refractivity contribution in [3.63, 3.8) is 0 Å². The summed E-state index contributed by atoms with van der Waals surface area (Å²) in [7, 11) is 0. The smallest absolute Gasteiger partial charge is 0.305 e. The second-order valence-corrected chi connectivity index (χ2v) is 9.15. The van der Waals surface area contributed by atoms with Crippen LogP contribution in [0.3, 0.4) is 0 Å². The van der Waals surface area contributed by atoms with Gasteiger partial charge in [0.05, 0.1) is 24.3 Å². The van der Waals surface area contributed by atoms with E-state index >= 15 is 0 Å². The van der Waals surface area contributed by atoms with Gasteiger partial charge in [-0.1, -0.05) is 44.2 Å². The Kier molecular flexibility index (Phi) is 8.59. The molecular weight excluding hydrogens is 449 g/mol. The molecule has 3 rings (SSSR count). The summed E-state index contributed by atoms with van der Waals surface area (Å²) in [5.41, 5.74) is 4.51. The third-order valence-electron chi connectivity index (χ3n) is 6.02. The predicted octanol–water partition coefficient (Wildman–Crippen LogP) is 5.26. The summed E-state index contributed by atoms with van der Waals surface area (Å²) < 4.78 is 15.8. The Balaban J connectivity index is 2.16. The van der Waals surface area contributed by atoms with Crippen LogP contribution in [0.4, 0.5) is 4.39 Å². The van der Waals surface area contributed by atoms with Gasteiger partial charge in [0.15, 0.2) is 5.78 Å². The highest BCUT2D eigenvalue weighted by Gasteiger charge is 2.29. The molecule has 0 fully saturated rings. The molecule has 2 aromatic carbocycles. The number of benzene rings is 2. The van der Waals surface area contributed by atoms with E-state index in [-0.39, 0.29) is 30.4 Å². The van der Waals surface area contributed by atoms with Crippen LogP contribution >= 0.6 is 0 Å². The molecule has 6 nitrogen and oxygen atoms in total. The number of carboxylic acids is 1. The van der Waals surface area contributed by atoms with E-state index < -0.39 is 24.6 Å². The van der Waals surface area contributed by atoms with Crippen LogP contribution in [0.25, 0.3) is 22.4 Å². The van der Waals surface area contributed by atoms with Crippen molar-refractivity contribution < 1.29 is 29.3 Å². The number of aromatic nitrogens is 1. The summed E-state index contributed by atoms with van der Waals surface area (Å²) in [6.07, 6.45) is -2.35. The number of halogens is 1. The van der Waals surface area contributed by atoms with Crippen molar-refractivity contribution in [2.45, 2.75) is 64.7 Å². The van der Waals surface area contributed by atoms with Crippen molar-refractivity contribution in [1.82, 2.24) is 4.57 Å². The van der Waals surface area contributed by atoms with Gasteiger partial charge >= 0.3 is 5.97 Å². The van der Waals surface area contributed by atoms with Crippen LogP contribution in [0, 0.1) is 5.82 Å². The highest BCUT2D eigenvalue weighted by molar-refractivity contribution is 6.06. The van der Waals surface area contributed by atoms with E-state index in [9.17, 15) is 24.2 Å². The number of rotatable bonds is 11. The number of aliphatic hydroxyl groups is 2. The maximum atomic E-state index is 13.8. The Hall–Kier alpha value is -3.29. The predicted molar refractivity (Wildman–Crippen MR) is 133 cm³/mol. The number of aliphatic carboxylic acids is 1. The van der Waals surface area contributed by atoms with E-state index in [1.54, 1.807) is 12.1 Å². The number of Topliss-reactive ketones (excluding diaryl/α,β-unsaturated/α-hetero) is 1. The van der Waals surface area contributed by atoms with Crippen molar-refractivity contribution in [2.75, 3.05) is 0 Å². The standard InChI is InChI=1S/C28H32FNO5/c1-17(2)27-25(18(3)31)26(19-7-5-4-6-8-19)28(20-9-11-21(29)12-10-20)30(27)14-13-22(32)15-23(33)16-24(34)35/h4-12,17,22-23,32-33H,13-16H2,1-3H3,(H,34,35). The van der Waals surface area contributed by atoms with Crippen LogP contribution in [0.1, 0.15) is 62.0 Å². The monoisotopic (exact) mass is 481 g/mol. The van der Waals surface area contributed by atoms with Gasteiger partial charge in [-0.25, -0.2) is 4.39 Å². The highest BCUT2D eigenvalue weighted by atomic mass is 19.1. The van der Waals surface area contributed by atoms with E-state index in [2.05, 4.69) is 0 Å². The molecule has 2 unspecified atom stereocenters. The molecule has 1 aromatic heterocycles. The number of carboxylic acid groups (broad SMARTS) is 1. The number of hydrogen-bond acceptors (Lipinski definition) is 4. The molecule has 0 radical (unpaired) electrons. The molecular formula is C28H32FNO5. The second kappa shape index (κ2) is 11.4. The third kappa shape index (κ3) is 6.24. The lowest BCUT2D eigenvalue weighted by Gasteiger charge is -2.20. The average molecular weight is 482 g/mol. The fourth-order valence-corrected chi connectivity index (χ4v) is 4.61.